The molecule has 0 radical (unpaired) electrons. The number of nitrogens with one attached hydrogen (secondary N) is 1. The molecule has 5 heteroatoms. The van der Waals surface area contributed by atoms with Gasteiger partial charge in [0.2, 0.25) is 0 Å². The van der Waals surface area contributed by atoms with E-state index in [1.54, 1.807) is 24.3 Å². The molecule has 1 N–H and O–H groups in total. The number of halogens is 1. The van der Waals surface area contributed by atoms with Gasteiger partial charge in [-0.2, -0.15) is 5.26 Å². The largest absolute Gasteiger partial charge is 0.468 e. The Kier molecular flexibility index (Phi) is 6.13. The molecule has 0 saturated carbocycles. The number of hydrogen-bond donors (Lipinski definition) is 1. The molecule has 0 aliphatic carbocycles. The molecular formula is C17H15BrN2O2. The highest BCUT2D eigenvalue weighted by molar-refractivity contribution is 9.08. The van der Waals surface area contributed by atoms with Crippen LogP contribution in [0.2, 0.25) is 0 Å². The lowest BCUT2D eigenvalue weighted by atomic mass is 10.1. The van der Waals surface area contributed by atoms with Gasteiger partial charge in [0.05, 0.1) is 24.0 Å². The van der Waals surface area contributed by atoms with Crippen molar-refractivity contribution in [2.75, 3.05) is 13.4 Å². The lowest BCUT2D eigenvalue weighted by Crippen LogP contribution is -2.12. The predicted molar refractivity (Wildman–Crippen MR) is 88.5 cm³/mol. The van der Waals surface area contributed by atoms with Crippen LogP contribution in [0.3, 0.4) is 0 Å². The van der Waals surface area contributed by atoms with Gasteiger partial charge in [-0.15, -0.1) is 0 Å². The van der Waals surface area contributed by atoms with Gasteiger partial charge in [-0.05, 0) is 35.4 Å². The van der Waals surface area contributed by atoms with Crippen LogP contribution in [-0.2, 0) is 10.1 Å². The highest BCUT2D eigenvalue weighted by atomic mass is 79.9. The van der Waals surface area contributed by atoms with Crippen molar-refractivity contribution in [3.63, 3.8) is 0 Å². The van der Waals surface area contributed by atoms with Crippen molar-refractivity contribution in [3.8, 4) is 11.8 Å². The molecule has 0 aliphatic rings. The van der Waals surface area contributed by atoms with E-state index in [2.05, 4.69) is 15.9 Å². The summed E-state index contributed by atoms with van der Waals surface area (Å²) in [6, 6.07) is 16.6. The fourth-order valence-corrected chi connectivity index (χ4v) is 2.13. The molecule has 4 nitrogen and oxygen atoms in total. The first kappa shape index (κ1) is 16.2. The zero-order valence-electron chi connectivity index (χ0n) is 11.9. The van der Waals surface area contributed by atoms with Gasteiger partial charge in [-0.1, -0.05) is 40.2 Å². The third-order valence-electron chi connectivity index (χ3n) is 3.00. The summed E-state index contributed by atoms with van der Waals surface area (Å²) >= 11 is 3.39. The van der Waals surface area contributed by atoms with Crippen LogP contribution in [0.15, 0.2) is 48.5 Å². The molecule has 0 spiro atoms. The molecule has 2 rings (SSSR count). The molecule has 0 aliphatic heterocycles. The summed E-state index contributed by atoms with van der Waals surface area (Å²) in [7, 11) is 0. The van der Waals surface area contributed by atoms with E-state index >= 15 is 0 Å². The van der Waals surface area contributed by atoms with Crippen LogP contribution < -0.4 is 4.74 Å². The highest BCUT2D eigenvalue weighted by Gasteiger charge is 2.02. The normalized spacial score (nSPS) is 10.0. The van der Waals surface area contributed by atoms with Gasteiger partial charge in [-0.3, -0.25) is 0 Å². The summed E-state index contributed by atoms with van der Waals surface area (Å²) in [6.07, 6.45) is 0. The molecule has 0 aromatic heterocycles. The van der Waals surface area contributed by atoms with Gasteiger partial charge >= 0.3 is 0 Å². The van der Waals surface area contributed by atoms with Crippen molar-refractivity contribution in [1.29, 1.82) is 10.7 Å². The van der Waals surface area contributed by atoms with Crippen molar-refractivity contribution in [2.45, 2.75) is 5.33 Å². The molecule has 22 heavy (non-hydrogen) atoms. The van der Waals surface area contributed by atoms with Crippen LogP contribution in [-0.4, -0.2) is 19.1 Å². The van der Waals surface area contributed by atoms with Crippen LogP contribution in [0.1, 0.15) is 16.7 Å². The molecular weight excluding hydrogens is 344 g/mol. The van der Waals surface area contributed by atoms with Crippen LogP contribution in [0.4, 0.5) is 0 Å². The monoisotopic (exact) mass is 358 g/mol. The predicted octanol–water partition coefficient (Wildman–Crippen LogP) is 3.87. The van der Waals surface area contributed by atoms with E-state index < -0.39 is 0 Å². The number of benzene rings is 2. The topological polar surface area (TPSA) is 66.1 Å². The number of alkyl halides is 1. The van der Waals surface area contributed by atoms with E-state index in [4.69, 9.17) is 20.1 Å². The standard InChI is InChI=1S/C17H15BrN2O2/c18-9-13-3-7-16(8-4-13)22-12-21-11-17(20)15-5-1-14(10-19)2-6-15/h1-8,20H,9,11-12H2. The second-order valence-electron chi connectivity index (χ2n) is 4.56. The van der Waals surface area contributed by atoms with E-state index in [0.29, 0.717) is 11.3 Å². The van der Waals surface area contributed by atoms with Crippen LogP contribution in [0.5, 0.6) is 5.75 Å². The fourth-order valence-electron chi connectivity index (χ4n) is 1.76. The Balaban J connectivity index is 1.75. The van der Waals surface area contributed by atoms with Gasteiger partial charge in [-0.25, -0.2) is 0 Å². The number of nitriles is 1. The molecule has 2 aromatic carbocycles. The maximum absolute atomic E-state index is 8.73. The van der Waals surface area contributed by atoms with E-state index in [-0.39, 0.29) is 13.4 Å². The second-order valence-corrected chi connectivity index (χ2v) is 5.12. The Morgan fingerprint density at radius 3 is 2.36 bits per heavy atom. The smallest absolute Gasteiger partial charge is 0.189 e. The first-order chi connectivity index (χ1) is 10.7. The fraction of sp³-hybridized carbons (Fsp3) is 0.176. The Morgan fingerprint density at radius 1 is 1.09 bits per heavy atom. The summed E-state index contributed by atoms with van der Waals surface area (Å²) in [4.78, 5) is 0. The second kappa shape index (κ2) is 8.32. The number of ether oxygens (including phenoxy) is 2. The van der Waals surface area contributed by atoms with Crippen molar-refractivity contribution >= 4 is 21.6 Å². The molecule has 0 amide bonds. The average Bonchev–Trinajstić information content (AvgIpc) is 2.59. The number of hydrogen-bond acceptors (Lipinski definition) is 4. The van der Waals surface area contributed by atoms with Crippen molar-refractivity contribution < 1.29 is 9.47 Å². The Labute approximate surface area is 137 Å². The molecule has 0 fully saturated rings. The Hall–Kier alpha value is -2.16. The summed E-state index contributed by atoms with van der Waals surface area (Å²) < 4.78 is 10.8. The lowest BCUT2D eigenvalue weighted by Gasteiger charge is -2.08. The molecule has 0 bridgehead atoms. The minimum Gasteiger partial charge on any atom is -0.468 e. The summed E-state index contributed by atoms with van der Waals surface area (Å²) in [6.45, 7) is 0.248. The van der Waals surface area contributed by atoms with E-state index in [1.165, 1.54) is 5.56 Å². The molecule has 2 aromatic rings. The maximum atomic E-state index is 8.73. The minimum absolute atomic E-state index is 0.0896. The van der Waals surface area contributed by atoms with Crippen LogP contribution in [0.25, 0.3) is 0 Å². The molecule has 0 heterocycles. The Morgan fingerprint density at radius 2 is 1.77 bits per heavy atom. The van der Waals surface area contributed by atoms with Crippen LogP contribution in [0, 0.1) is 16.7 Å². The molecule has 112 valence electrons. The molecule has 0 atom stereocenters. The first-order valence-electron chi connectivity index (χ1n) is 6.66. The summed E-state index contributed by atoms with van der Waals surface area (Å²) in [5.74, 6) is 0.731. The highest BCUT2D eigenvalue weighted by Crippen LogP contribution is 2.14. The third-order valence-corrected chi connectivity index (χ3v) is 3.64. The summed E-state index contributed by atoms with van der Waals surface area (Å²) in [5.41, 5.74) is 2.84. The van der Waals surface area contributed by atoms with Gasteiger partial charge < -0.3 is 14.9 Å². The van der Waals surface area contributed by atoms with Gasteiger partial charge in [0.25, 0.3) is 0 Å². The SMILES string of the molecule is N#Cc1ccc(C(=N)COCOc2ccc(CBr)cc2)cc1. The van der Waals surface area contributed by atoms with Crippen molar-refractivity contribution in [1.82, 2.24) is 0 Å². The minimum atomic E-state index is 0.0896. The zero-order chi connectivity index (χ0) is 15.8. The molecule has 0 saturated heterocycles. The lowest BCUT2D eigenvalue weighted by molar-refractivity contribution is 0.0359. The average molecular weight is 359 g/mol. The maximum Gasteiger partial charge on any atom is 0.189 e. The van der Waals surface area contributed by atoms with E-state index in [0.717, 1.165) is 16.6 Å². The van der Waals surface area contributed by atoms with Gasteiger partial charge in [0.15, 0.2) is 6.79 Å². The summed E-state index contributed by atoms with van der Waals surface area (Å²) in [5, 5.41) is 17.5. The van der Waals surface area contributed by atoms with Gasteiger partial charge in [0, 0.05) is 5.33 Å². The zero-order valence-corrected chi connectivity index (χ0v) is 13.5. The first-order valence-corrected chi connectivity index (χ1v) is 7.78. The Bertz CT molecular complexity index is 661. The van der Waals surface area contributed by atoms with E-state index in [9.17, 15) is 0 Å². The van der Waals surface area contributed by atoms with Crippen LogP contribution >= 0.6 is 15.9 Å². The molecule has 0 unspecified atom stereocenters. The van der Waals surface area contributed by atoms with Gasteiger partial charge in [0.1, 0.15) is 5.75 Å². The van der Waals surface area contributed by atoms with Crippen molar-refractivity contribution in [3.05, 3.63) is 65.2 Å². The third kappa shape index (κ3) is 4.69. The number of nitrogens with zero attached hydrogens (tertiary/aromatic N) is 1. The van der Waals surface area contributed by atoms with E-state index in [1.807, 2.05) is 30.3 Å². The quantitative estimate of drug-likeness (QED) is 0.353. The number of rotatable bonds is 7. The van der Waals surface area contributed by atoms with Crippen molar-refractivity contribution in [2.24, 2.45) is 0 Å².